The van der Waals surface area contributed by atoms with Crippen molar-refractivity contribution in [2.45, 2.75) is 13.8 Å². The molecule has 2 aromatic carbocycles. The molecular formula is C19H21FN2O. The van der Waals surface area contributed by atoms with Crippen molar-refractivity contribution < 1.29 is 9.18 Å². The maximum atomic E-state index is 13.9. The molecule has 0 atom stereocenters. The molecule has 1 fully saturated rings. The topological polar surface area (TPSA) is 23.6 Å². The number of carbonyl (C=O) groups excluding carboxylic acids is 1. The Morgan fingerprint density at radius 3 is 2.35 bits per heavy atom. The van der Waals surface area contributed by atoms with Gasteiger partial charge in [-0.3, -0.25) is 4.79 Å². The molecule has 0 aliphatic carbocycles. The number of para-hydroxylation sites is 1. The number of rotatable bonds is 2. The third kappa shape index (κ3) is 3.07. The Morgan fingerprint density at radius 1 is 0.957 bits per heavy atom. The first kappa shape index (κ1) is 15.5. The highest BCUT2D eigenvalue weighted by Gasteiger charge is 2.24. The second-order valence-corrected chi connectivity index (χ2v) is 5.98. The molecule has 1 aliphatic heterocycles. The molecule has 1 aliphatic rings. The fourth-order valence-electron chi connectivity index (χ4n) is 3.01. The van der Waals surface area contributed by atoms with Crippen LogP contribution in [0.3, 0.4) is 0 Å². The van der Waals surface area contributed by atoms with E-state index < -0.39 is 0 Å². The van der Waals surface area contributed by atoms with Crippen LogP contribution in [-0.4, -0.2) is 37.0 Å². The highest BCUT2D eigenvalue weighted by molar-refractivity contribution is 5.96. The van der Waals surface area contributed by atoms with Gasteiger partial charge in [-0.05, 0) is 43.2 Å². The van der Waals surface area contributed by atoms with Crippen LogP contribution in [0.15, 0.2) is 42.5 Å². The number of piperazine rings is 1. The van der Waals surface area contributed by atoms with E-state index >= 15 is 0 Å². The van der Waals surface area contributed by atoms with Crippen molar-refractivity contribution in [2.24, 2.45) is 0 Å². The minimum atomic E-state index is -0.207. The Balaban J connectivity index is 1.71. The lowest BCUT2D eigenvalue weighted by Gasteiger charge is -2.36. The van der Waals surface area contributed by atoms with Crippen LogP contribution >= 0.6 is 0 Å². The summed E-state index contributed by atoms with van der Waals surface area (Å²) < 4.78 is 13.9. The second-order valence-electron chi connectivity index (χ2n) is 5.98. The summed E-state index contributed by atoms with van der Waals surface area (Å²) >= 11 is 0. The number of anilines is 1. The molecule has 23 heavy (non-hydrogen) atoms. The summed E-state index contributed by atoms with van der Waals surface area (Å²) in [6, 6.07) is 12.6. The maximum absolute atomic E-state index is 13.9. The Labute approximate surface area is 136 Å². The van der Waals surface area contributed by atoms with Crippen molar-refractivity contribution in [2.75, 3.05) is 31.1 Å². The summed E-state index contributed by atoms with van der Waals surface area (Å²) in [5, 5.41) is 0. The van der Waals surface area contributed by atoms with Crippen LogP contribution in [0, 0.1) is 19.7 Å². The number of hydrogen-bond donors (Lipinski definition) is 0. The standard InChI is InChI=1S/C19H21FN2O/c1-14-6-5-7-16(15(14)2)19(23)22-12-10-21(11-13-22)18-9-4-3-8-17(18)20/h3-9H,10-13H2,1-2H3. The van der Waals surface area contributed by atoms with Crippen LogP contribution in [-0.2, 0) is 0 Å². The lowest BCUT2D eigenvalue weighted by Crippen LogP contribution is -2.49. The summed E-state index contributed by atoms with van der Waals surface area (Å²) in [4.78, 5) is 16.6. The number of aryl methyl sites for hydroxylation is 1. The third-order valence-corrected chi connectivity index (χ3v) is 4.60. The Kier molecular flexibility index (Phi) is 4.33. The summed E-state index contributed by atoms with van der Waals surface area (Å²) in [6.07, 6.45) is 0. The quantitative estimate of drug-likeness (QED) is 0.848. The zero-order valence-corrected chi connectivity index (χ0v) is 13.6. The van der Waals surface area contributed by atoms with E-state index in [0.717, 1.165) is 16.7 Å². The number of carbonyl (C=O) groups is 1. The summed E-state index contributed by atoms with van der Waals surface area (Å²) in [7, 11) is 0. The summed E-state index contributed by atoms with van der Waals surface area (Å²) in [5.41, 5.74) is 3.55. The van der Waals surface area contributed by atoms with Gasteiger partial charge in [-0.1, -0.05) is 24.3 Å². The largest absolute Gasteiger partial charge is 0.366 e. The first-order chi connectivity index (χ1) is 11.1. The molecule has 1 heterocycles. The van der Waals surface area contributed by atoms with Gasteiger partial charge in [-0.25, -0.2) is 4.39 Å². The number of amides is 1. The van der Waals surface area contributed by atoms with Gasteiger partial charge in [0.1, 0.15) is 5.82 Å². The lowest BCUT2D eigenvalue weighted by molar-refractivity contribution is 0.0746. The molecule has 0 N–H and O–H groups in total. The first-order valence-electron chi connectivity index (χ1n) is 7.93. The van der Waals surface area contributed by atoms with E-state index in [9.17, 15) is 9.18 Å². The Morgan fingerprint density at radius 2 is 1.65 bits per heavy atom. The van der Waals surface area contributed by atoms with Crippen LogP contribution in [0.2, 0.25) is 0 Å². The van der Waals surface area contributed by atoms with E-state index in [2.05, 4.69) is 0 Å². The molecule has 0 spiro atoms. The van der Waals surface area contributed by atoms with Crippen molar-refractivity contribution in [1.29, 1.82) is 0 Å². The van der Waals surface area contributed by atoms with Gasteiger partial charge in [0, 0.05) is 31.7 Å². The van der Waals surface area contributed by atoms with E-state index in [1.54, 1.807) is 12.1 Å². The molecule has 3 rings (SSSR count). The van der Waals surface area contributed by atoms with Crippen molar-refractivity contribution in [3.63, 3.8) is 0 Å². The Hall–Kier alpha value is -2.36. The van der Waals surface area contributed by atoms with Crippen molar-refractivity contribution in [1.82, 2.24) is 4.90 Å². The molecule has 4 heteroatoms. The van der Waals surface area contributed by atoms with Crippen LogP contribution in [0.1, 0.15) is 21.5 Å². The van der Waals surface area contributed by atoms with E-state index in [-0.39, 0.29) is 11.7 Å². The zero-order chi connectivity index (χ0) is 16.4. The molecule has 2 aromatic rings. The van der Waals surface area contributed by atoms with Gasteiger partial charge in [0.05, 0.1) is 5.69 Å². The predicted octanol–water partition coefficient (Wildman–Crippen LogP) is 3.40. The minimum Gasteiger partial charge on any atom is -0.366 e. The molecular weight excluding hydrogens is 291 g/mol. The molecule has 0 radical (unpaired) electrons. The smallest absolute Gasteiger partial charge is 0.254 e. The molecule has 0 aromatic heterocycles. The molecule has 1 saturated heterocycles. The van der Waals surface area contributed by atoms with Crippen molar-refractivity contribution in [3.8, 4) is 0 Å². The monoisotopic (exact) mass is 312 g/mol. The fraction of sp³-hybridized carbons (Fsp3) is 0.316. The zero-order valence-electron chi connectivity index (χ0n) is 13.6. The molecule has 0 saturated carbocycles. The van der Waals surface area contributed by atoms with Crippen LogP contribution in [0.25, 0.3) is 0 Å². The molecule has 0 bridgehead atoms. The average Bonchev–Trinajstić information content (AvgIpc) is 2.57. The van der Waals surface area contributed by atoms with Gasteiger partial charge in [0.25, 0.3) is 5.91 Å². The molecule has 3 nitrogen and oxygen atoms in total. The SMILES string of the molecule is Cc1cccc(C(=O)N2CCN(c3ccccc3F)CC2)c1C. The van der Waals surface area contributed by atoms with Crippen molar-refractivity contribution in [3.05, 3.63) is 65.0 Å². The molecule has 0 unspecified atom stereocenters. The summed E-state index contributed by atoms with van der Waals surface area (Å²) in [6.45, 7) is 6.52. The first-order valence-corrected chi connectivity index (χ1v) is 7.93. The van der Waals surface area contributed by atoms with E-state index in [0.29, 0.717) is 31.9 Å². The third-order valence-electron chi connectivity index (χ3n) is 4.60. The van der Waals surface area contributed by atoms with Gasteiger partial charge in [0.15, 0.2) is 0 Å². The van der Waals surface area contributed by atoms with Gasteiger partial charge < -0.3 is 9.80 Å². The maximum Gasteiger partial charge on any atom is 0.254 e. The molecule has 120 valence electrons. The Bertz CT molecular complexity index is 721. The highest BCUT2D eigenvalue weighted by atomic mass is 19.1. The van der Waals surface area contributed by atoms with Gasteiger partial charge in [0.2, 0.25) is 0 Å². The average molecular weight is 312 g/mol. The van der Waals surface area contributed by atoms with Crippen molar-refractivity contribution >= 4 is 11.6 Å². The predicted molar refractivity (Wildman–Crippen MR) is 90.4 cm³/mol. The minimum absolute atomic E-state index is 0.0689. The number of benzene rings is 2. The highest BCUT2D eigenvalue weighted by Crippen LogP contribution is 2.21. The summed E-state index contributed by atoms with van der Waals surface area (Å²) in [5.74, 6) is -0.138. The van der Waals surface area contributed by atoms with Crippen LogP contribution in [0.4, 0.5) is 10.1 Å². The number of hydrogen-bond acceptors (Lipinski definition) is 2. The van der Waals surface area contributed by atoms with E-state index in [1.807, 2.05) is 47.9 Å². The van der Waals surface area contributed by atoms with Gasteiger partial charge in [-0.15, -0.1) is 0 Å². The van der Waals surface area contributed by atoms with Gasteiger partial charge in [-0.2, -0.15) is 0 Å². The van der Waals surface area contributed by atoms with E-state index in [1.165, 1.54) is 6.07 Å². The second kappa shape index (κ2) is 6.41. The normalized spacial score (nSPS) is 14.9. The fourth-order valence-corrected chi connectivity index (χ4v) is 3.01. The number of halogens is 1. The number of nitrogens with zero attached hydrogens (tertiary/aromatic N) is 2. The van der Waals surface area contributed by atoms with Crippen LogP contribution < -0.4 is 4.90 Å². The van der Waals surface area contributed by atoms with Crippen LogP contribution in [0.5, 0.6) is 0 Å². The lowest BCUT2D eigenvalue weighted by atomic mass is 10.0. The molecule has 1 amide bonds. The van der Waals surface area contributed by atoms with E-state index in [4.69, 9.17) is 0 Å². The van der Waals surface area contributed by atoms with Gasteiger partial charge >= 0.3 is 0 Å².